The molecule has 42 heavy (non-hydrogen) atoms. The van der Waals surface area contributed by atoms with Gasteiger partial charge in [0, 0.05) is 30.3 Å². The maximum Gasteiger partial charge on any atom is 0.221 e. The number of benzene rings is 3. The molecule has 9 nitrogen and oxygen atoms in total. The number of pyridine rings is 1. The summed E-state index contributed by atoms with van der Waals surface area (Å²) in [5, 5.41) is 16.8. The van der Waals surface area contributed by atoms with Crippen molar-refractivity contribution in [3.05, 3.63) is 82.8 Å². The molecule has 0 spiro atoms. The summed E-state index contributed by atoms with van der Waals surface area (Å²) in [5.74, 6) is -0.512. The Morgan fingerprint density at radius 3 is 2.71 bits per heavy atom. The third kappa shape index (κ3) is 6.89. The summed E-state index contributed by atoms with van der Waals surface area (Å²) >= 11 is 6.49. The normalized spacial score (nSPS) is 15.7. The number of nitriles is 1. The Bertz CT molecular complexity index is 1690. The first kappa shape index (κ1) is 29.1. The molecule has 1 saturated heterocycles. The van der Waals surface area contributed by atoms with E-state index >= 15 is 0 Å². The van der Waals surface area contributed by atoms with Crippen LogP contribution in [-0.2, 0) is 20.9 Å². The quantitative estimate of drug-likeness (QED) is 0.221. The van der Waals surface area contributed by atoms with E-state index < -0.39 is 5.79 Å². The van der Waals surface area contributed by atoms with Gasteiger partial charge in [-0.2, -0.15) is 5.26 Å². The Kier molecular flexibility index (Phi) is 8.45. The first-order valence-corrected chi connectivity index (χ1v) is 13.5. The van der Waals surface area contributed by atoms with Crippen LogP contribution in [-0.4, -0.2) is 36.0 Å². The van der Waals surface area contributed by atoms with Gasteiger partial charge in [0.25, 0.3) is 0 Å². The van der Waals surface area contributed by atoms with Gasteiger partial charge in [-0.05, 0) is 55.8 Å². The Labute approximate surface area is 247 Å². The molecule has 1 aliphatic rings. The van der Waals surface area contributed by atoms with Gasteiger partial charge < -0.3 is 29.6 Å². The second-order valence-corrected chi connectivity index (χ2v) is 10.6. The average Bonchev–Trinajstić information content (AvgIpc) is 3.30. The van der Waals surface area contributed by atoms with Gasteiger partial charge in [-0.25, -0.2) is 4.39 Å². The number of anilines is 3. The second-order valence-electron chi connectivity index (χ2n) is 10.2. The lowest BCUT2D eigenvalue weighted by molar-refractivity contribution is -0.141. The first-order valence-electron chi connectivity index (χ1n) is 13.1. The van der Waals surface area contributed by atoms with E-state index in [1.807, 2.05) is 13.8 Å². The standard InChI is InChI=1S/C31H28ClFN4O5/c1-18(38)36-27-11-24-26(12-29(27)40-16-23-17-41-31(2,3)42-23)35-14-20(13-34)30(24)37-22-7-8-28(25(32)10-22)39-15-19-5-4-6-21(33)9-19/h4-12,14,23H,15-17H2,1-3H3,(H,35,37)(H,36,38). The number of hydrogen-bond donors (Lipinski definition) is 2. The summed E-state index contributed by atoms with van der Waals surface area (Å²) < 4.78 is 36.7. The number of fused-ring (bicyclic) bond motifs is 1. The number of nitrogens with zero attached hydrogens (tertiary/aromatic N) is 2. The fraction of sp³-hybridized carbons (Fsp3) is 0.258. The van der Waals surface area contributed by atoms with Crippen molar-refractivity contribution in [3.8, 4) is 17.6 Å². The molecule has 1 atom stereocenters. The van der Waals surface area contributed by atoms with Crippen LogP contribution in [0.1, 0.15) is 31.9 Å². The summed E-state index contributed by atoms with van der Waals surface area (Å²) in [6.45, 7) is 5.79. The second kappa shape index (κ2) is 12.2. The van der Waals surface area contributed by atoms with E-state index in [-0.39, 0.29) is 36.6 Å². The van der Waals surface area contributed by atoms with Gasteiger partial charge in [0.1, 0.15) is 42.7 Å². The van der Waals surface area contributed by atoms with E-state index in [0.717, 1.165) is 0 Å². The smallest absolute Gasteiger partial charge is 0.221 e. The molecule has 1 amide bonds. The summed E-state index contributed by atoms with van der Waals surface area (Å²) in [6.07, 6.45) is 1.18. The van der Waals surface area contributed by atoms with Crippen LogP contribution in [0.25, 0.3) is 10.9 Å². The predicted molar refractivity (Wildman–Crippen MR) is 157 cm³/mol. The maximum absolute atomic E-state index is 13.5. The SMILES string of the molecule is CC(=O)Nc1cc2c(Nc3ccc(OCc4cccc(F)c4)c(Cl)c3)c(C#N)cnc2cc1OCC1COC(C)(C)O1. The van der Waals surface area contributed by atoms with E-state index in [9.17, 15) is 14.4 Å². The maximum atomic E-state index is 13.5. The minimum Gasteiger partial charge on any atom is -0.489 e. The van der Waals surface area contributed by atoms with Crippen LogP contribution in [0, 0.1) is 17.1 Å². The number of halogens is 2. The van der Waals surface area contributed by atoms with Crippen LogP contribution in [0.5, 0.6) is 11.5 Å². The highest BCUT2D eigenvalue weighted by Crippen LogP contribution is 2.38. The minimum atomic E-state index is -0.692. The molecule has 11 heteroatoms. The molecule has 4 aromatic rings. The number of carbonyl (C=O) groups is 1. The van der Waals surface area contributed by atoms with Crippen LogP contribution < -0.4 is 20.1 Å². The molecule has 5 rings (SSSR count). The van der Waals surface area contributed by atoms with Gasteiger partial charge in [-0.1, -0.05) is 23.7 Å². The van der Waals surface area contributed by atoms with E-state index in [0.29, 0.717) is 56.7 Å². The zero-order valence-corrected chi connectivity index (χ0v) is 23.9. The topological polar surface area (TPSA) is 115 Å². The number of hydrogen-bond acceptors (Lipinski definition) is 8. The molecule has 2 heterocycles. The molecule has 0 saturated carbocycles. The van der Waals surface area contributed by atoms with Gasteiger partial charge in [0.2, 0.25) is 5.91 Å². The highest BCUT2D eigenvalue weighted by molar-refractivity contribution is 6.32. The lowest BCUT2D eigenvalue weighted by Gasteiger charge is -2.19. The van der Waals surface area contributed by atoms with Crippen LogP contribution in [0.4, 0.5) is 21.5 Å². The molecule has 3 aromatic carbocycles. The van der Waals surface area contributed by atoms with Crippen molar-refractivity contribution in [2.75, 3.05) is 23.8 Å². The van der Waals surface area contributed by atoms with Gasteiger partial charge in [-0.15, -0.1) is 0 Å². The van der Waals surface area contributed by atoms with Crippen LogP contribution in [0.2, 0.25) is 5.02 Å². The molecular weight excluding hydrogens is 563 g/mol. The number of nitrogens with one attached hydrogen (secondary N) is 2. The predicted octanol–water partition coefficient (Wildman–Crippen LogP) is 6.71. The molecule has 1 aliphatic heterocycles. The van der Waals surface area contributed by atoms with E-state index in [1.165, 1.54) is 25.3 Å². The Hall–Kier alpha value is -4.43. The third-order valence-electron chi connectivity index (χ3n) is 6.38. The van der Waals surface area contributed by atoms with Crippen molar-refractivity contribution in [1.82, 2.24) is 4.98 Å². The number of amides is 1. The van der Waals surface area contributed by atoms with Crippen LogP contribution in [0.15, 0.2) is 60.8 Å². The van der Waals surface area contributed by atoms with E-state index in [4.69, 9.17) is 30.5 Å². The van der Waals surface area contributed by atoms with Gasteiger partial charge in [0.05, 0.1) is 34.1 Å². The molecular formula is C31H28ClFN4O5. The highest BCUT2D eigenvalue weighted by atomic mass is 35.5. The molecule has 216 valence electrons. The molecule has 0 radical (unpaired) electrons. The average molecular weight is 591 g/mol. The van der Waals surface area contributed by atoms with Gasteiger partial charge in [0.15, 0.2) is 5.79 Å². The van der Waals surface area contributed by atoms with E-state index in [1.54, 1.807) is 42.5 Å². The monoisotopic (exact) mass is 590 g/mol. The fourth-order valence-electron chi connectivity index (χ4n) is 4.50. The number of ether oxygens (including phenoxy) is 4. The molecule has 0 bridgehead atoms. The van der Waals surface area contributed by atoms with Crippen LogP contribution >= 0.6 is 11.6 Å². The Balaban J connectivity index is 1.41. The molecule has 1 unspecified atom stereocenters. The first-order chi connectivity index (χ1) is 20.1. The van der Waals surface area contributed by atoms with Crippen molar-refractivity contribution < 1.29 is 28.1 Å². The van der Waals surface area contributed by atoms with Gasteiger partial charge in [-0.3, -0.25) is 9.78 Å². The Morgan fingerprint density at radius 2 is 2.02 bits per heavy atom. The minimum absolute atomic E-state index is 0.145. The summed E-state index contributed by atoms with van der Waals surface area (Å²) in [5.41, 5.74) is 2.95. The van der Waals surface area contributed by atoms with Crippen molar-refractivity contribution in [1.29, 1.82) is 5.26 Å². The van der Waals surface area contributed by atoms with Crippen molar-refractivity contribution in [3.63, 3.8) is 0 Å². The molecule has 2 N–H and O–H groups in total. The van der Waals surface area contributed by atoms with E-state index in [2.05, 4.69) is 21.7 Å². The lowest BCUT2D eigenvalue weighted by Crippen LogP contribution is -2.25. The summed E-state index contributed by atoms with van der Waals surface area (Å²) in [6, 6.07) is 16.8. The fourth-order valence-corrected chi connectivity index (χ4v) is 4.74. The van der Waals surface area contributed by atoms with Crippen LogP contribution in [0.3, 0.4) is 0 Å². The number of aromatic nitrogens is 1. The molecule has 1 fully saturated rings. The van der Waals surface area contributed by atoms with Crippen molar-refractivity contribution >= 4 is 45.5 Å². The molecule has 0 aliphatic carbocycles. The number of rotatable bonds is 9. The zero-order chi connectivity index (χ0) is 29.9. The van der Waals surface area contributed by atoms with Crippen molar-refractivity contribution in [2.24, 2.45) is 0 Å². The lowest BCUT2D eigenvalue weighted by atomic mass is 10.1. The Morgan fingerprint density at radius 1 is 1.19 bits per heavy atom. The summed E-state index contributed by atoms with van der Waals surface area (Å²) in [4.78, 5) is 16.5. The molecule has 1 aromatic heterocycles. The van der Waals surface area contributed by atoms with Gasteiger partial charge >= 0.3 is 0 Å². The summed E-state index contributed by atoms with van der Waals surface area (Å²) in [7, 11) is 0. The number of carbonyl (C=O) groups excluding carboxylic acids is 1. The van der Waals surface area contributed by atoms with Crippen molar-refractivity contribution in [2.45, 2.75) is 39.3 Å². The zero-order valence-electron chi connectivity index (χ0n) is 23.2. The third-order valence-corrected chi connectivity index (χ3v) is 6.67. The largest absolute Gasteiger partial charge is 0.489 e. The highest BCUT2D eigenvalue weighted by Gasteiger charge is 2.33.